The summed E-state index contributed by atoms with van der Waals surface area (Å²) in [5.41, 5.74) is 8.21. The van der Waals surface area contributed by atoms with Crippen LogP contribution in [0.5, 0.6) is 0 Å². The van der Waals surface area contributed by atoms with E-state index in [2.05, 4.69) is 30.3 Å². The number of benzene rings is 8. The van der Waals surface area contributed by atoms with Crippen molar-refractivity contribution in [3.63, 3.8) is 0 Å². The maximum atomic E-state index is 9.23. The van der Waals surface area contributed by atoms with Crippen molar-refractivity contribution in [2.75, 3.05) is 0 Å². The Kier molecular flexibility index (Phi) is 6.10. The van der Waals surface area contributed by atoms with Crippen LogP contribution in [0.2, 0.25) is 0 Å². The highest BCUT2D eigenvalue weighted by atomic mass is 16.3. The zero-order chi connectivity index (χ0) is 42.2. The van der Waals surface area contributed by atoms with Gasteiger partial charge in [0.05, 0.1) is 24.9 Å². The van der Waals surface area contributed by atoms with Crippen LogP contribution in [-0.4, -0.2) is 19.5 Å². The molecule has 0 bridgehead atoms. The van der Waals surface area contributed by atoms with E-state index in [1.54, 1.807) is 4.57 Å². The third kappa shape index (κ3) is 5.29. The summed E-state index contributed by atoms with van der Waals surface area (Å²) in [5.74, 6) is 1.17. The normalized spacial score (nSPS) is 13.1. The number of aromatic nitrogens is 4. The highest BCUT2D eigenvalue weighted by Crippen LogP contribution is 2.41. The fourth-order valence-corrected chi connectivity index (χ4v) is 7.60. The molecule has 0 N–H and O–H groups in total. The van der Waals surface area contributed by atoms with E-state index >= 15 is 0 Å². The van der Waals surface area contributed by atoms with E-state index in [4.69, 9.17) is 24.9 Å². The molecule has 56 heavy (non-hydrogen) atoms. The molecule has 262 valence electrons. The second kappa shape index (κ2) is 13.0. The van der Waals surface area contributed by atoms with Gasteiger partial charge in [0.25, 0.3) is 0 Å². The number of para-hydroxylation sites is 3. The molecule has 5 heteroatoms. The van der Waals surface area contributed by atoms with Crippen LogP contribution >= 0.6 is 0 Å². The van der Waals surface area contributed by atoms with Gasteiger partial charge in [-0.2, -0.15) is 0 Å². The summed E-state index contributed by atoms with van der Waals surface area (Å²) in [7, 11) is 0. The van der Waals surface area contributed by atoms with Gasteiger partial charge in [0.1, 0.15) is 11.2 Å². The number of fused-ring (bicyclic) bond motifs is 6. The second-order valence-corrected chi connectivity index (χ2v) is 13.5. The zero-order valence-electron chi connectivity index (χ0n) is 35.7. The van der Waals surface area contributed by atoms with E-state index in [1.807, 2.05) is 115 Å². The van der Waals surface area contributed by atoms with Gasteiger partial charge in [-0.1, -0.05) is 158 Å². The van der Waals surface area contributed by atoms with Crippen LogP contribution in [0, 0.1) is 0 Å². The van der Waals surface area contributed by atoms with E-state index < -0.39 is 0 Å². The van der Waals surface area contributed by atoms with E-state index in [0.717, 1.165) is 49.7 Å². The summed E-state index contributed by atoms with van der Waals surface area (Å²) in [6.45, 7) is 0. The van der Waals surface area contributed by atoms with E-state index in [9.17, 15) is 2.74 Å². The predicted octanol–water partition coefficient (Wildman–Crippen LogP) is 13.2. The highest BCUT2D eigenvalue weighted by Gasteiger charge is 2.21. The van der Waals surface area contributed by atoms with E-state index in [1.165, 1.54) is 12.1 Å². The predicted molar refractivity (Wildman–Crippen MR) is 229 cm³/mol. The Morgan fingerprint density at radius 2 is 1.00 bits per heavy atom. The van der Waals surface area contributed by atoms with Crippen LogP contribution in [0.4, 0.5) is 0 Å². The Balaban J connectivity index is 1.23. The van der Waals surface area contributed by atoms with Gasteiger partial charge >= 0.3 is 0 Å². The first-order valence-electron chi connectivity index (χ1n) is 21.3. The lowest BCUT2D eigenvalue weighted by Crippen LogP contribution is -2.04. The van der Waals surface area contributed by atoms with Gasteiger partial charge in [-0.25, -0.2) is 15.0 Å². The van der Waals surface area contributed by atoms with Crippen LogP contribution in [0.3, 0.4) is 0 Å². The van der Waals surface area contributed by atoms with E-state index in [-0.39, 0.29) is 58.1 Å². The van der Waals surface area contributed by atoms with Crippen LogP contribution < -0.4 is 0 Å². The summed E-state index contributed by atoms with van der Waals surface area (Å²) in [6, 6.07) is 49.3. The van der Waals surface area contributed by atoms with Gasteiger partial charge in [0, 0.05) is 43.8 Å². The lowest BCUT2D eigenvalue weighted by atomic mass is 9.98. The van der Waals surface area contributed by atoms with Gasteiger partial charge in [-0.3, -0.25) is 0 Å². The molecule has 0 aliphatic carbocycles. The molecule has 0 spiro atoms. The SMILES string of the molecule is [2H]c1cc([2H])c2c(c1[2H])c1c([2H])c([2H])cc([2H])c1n2-c1ccc(-c2cccc3c2oc2ccc(-c4ccccc4)cc23)cc1-c1nc(-c2ccccc2)nc(-c2ccccc2)n1. The first kappa shape index (κ1) is 26.2. The van der Waals surface area contributed by atoms with Crippen molar-refractivity contribution in [3.8, 4) is 62.1 Å². The van der Waals surface area contributed by atoms with Crippen molar-refractivity contribution < 1.29 is 12.6 Å². The molecule has 0 aliphatic rings. The molecule has 3 heterocycles. The molecule has 11 aromatic rings. The minimum absolute atomic E-state index is 0.0648. The molecule has 3 aromatic heterocycles. The van der Waals surface area contributed by atoms with E-state index in [0.29, 0.717) is 34.3 Å². The number of hydrogen-bond donors (Lipinski definition) is 0. The maximum Gasteiger partial charge on any atom is 0.166 e. The maximum absolute atomic E-state index is 9.23. The molecular weight excluding hydrogens is 685 g/mol. The van der Waals surface area contributed by atoms with Gasteiger partial charge in [-0.15, -0.1) is 0 Å². The summed E-state index contributed by atoms with van der Waals surface area (Å²) in [6.07, 6.45) is 0. The van der Waals surface area contributed by atoms with Gasteiger partial charge < -0.3 is 8.98 Å². The van der Waals surface area contributed by atoms with Crippen LogP contribution in [0.15, 0.2) is 198 Å². The van der Waals surface area contributed by atoms with Crippen molar-refractivity contribution in [3.05, 3.63) is 194 Å². The lowest BCUT2D eigenvalue weighted by Gasteiger charge is -2.16. The quantitative estimate of drug-likeness (QED) is 0.171. The third-order valence-electron chi connectivity index (χ3n) is 10.2. The molecule has 0 fully saturated rings. The number of hydrogen-bond acceptors (Lipinski definition) is 4. The second-order valence-electron chi connectivity index (χ2n) is 13.5. The van der Waals surface area contributed by atoms with Gasteiger partial charge in [0.2, 0.25) is 0 Å². The van der Waals surface area contributed by atoms with Crippen molar-refractivity contribution >= 4 is 43.7 Å². The fraction of sp³-hybridized carbons (Fsp3) is 0. The molecule has 0 amide bonds. The van der Waals surface area contributed by atoms with Crippen molar-refractivity contribution in [1.29, 1.82) is 0 Å². The largest absolute Gasteiger partial charge is 0.455 e. The summed E-state index contributed by atoms with van der Waals surface area (Å²) in [5, 5.41) is 2.25. The zero-order valence-corrected chi connectivity index (χ0v) is 29.7. The Hall–Kier alpha value is -7.63. The molecule has 8 aromatic carbocycles. The Labute approximate surface area is 331 Å². The highest BCUT2D eigenvalue weighted by molar-refractivity contribution is 6.12. The first-order chi connectivity index (χ1) is 30.2. The summed E-state index contributed by atoms with van der Waals surface area (Å²) in [4.78, 5) is 15.2. The smallest absolute Gasteiger partial charge is 0.166 e. The average molecular weight is 723 g/mol. The molecule has 0 aliphatic heterocycles. The summed E-state index contributed by atoms with van der Waals surface area (Å²) < 4.78 is 62.0. The number of rotatable bonds is 6. The minimum Gasteiger partial charge on any atom is -0.455 e. The molecule has 0 unspecified atom stereocenters. The van der Waals surface area contributed by atoms with Crippen LogP contribution in [-0.2, 0) is 0 Å². The Morgan fingerprint density at radius 3 is 1.64 bits per heavy atom. The lowest BCUT2D eigenvalue weighted by molar-refractivity contribution is 0.670. The Bertz CT molecular complexity index is 3460. The van der Waals surface area contributed by atoms with Crippen LogP contribution in [0.1, 0.15) is 8.22 Å². The van der Waals surface area contributed by atoms with Gasteiger partial charge in [0.15, 0.2) is 17.5 Å². The first-order valence-corrected chi connectivity index (χ1v) is 18.3. The molecule has 11 rings (SSSR count). The average Bonchev–Trinajstić information content (AvgIpc) is 3.88. The molecule has 0 radical (unpaired) electrons. The fourth-order valence-electron chi connectivity index (χ4n) is 7.60. The molecule has 0 saturated heterocycles. The van der Waals surface area contributed by atoms with Crippen molar-refractivity contribution in [2.45, 2.75) is 0 Å². The number of nitrogens with zero attached hydrogens (tertiary/aromatic N) is 4. The third-order valence-corrected chi connectivity index (χ3v) is 10.2. The standard InChI is InChI=1S/C51H32N4O/c1-4-15-33(16-5-1)36-28-30-47-42(31-36)41-24-14-23-38(48(41)56-47)37-27-29-46(55-44-25-12-10-21-39(44)40-22-11-13-26-45(40)55)43(32-37)51-53-49(34-17-6-2-7-18-34)52-50(54-51)35-19-8-3-9-20-35/h1-32H/i10D,11D,21D,22D,25D,26D. The van der Waals surface area contributed by atoms with Gasteiger partial charge in [-0.05, 0) is 53.0 Å². The molecule has 0 atom stereocenters. The summed E-state index contributed by atoms with van der Waals surface area (Å²) >= 11 is 0. The van der Waals surface area contributed by atoms with Crippen molar-refractivity contribution in [2.24, 2.45) is 0 Å². The Morgan fingerprint density at radius 1 is 0.411 bits per heavy atom. The van der Waals surface area contributed by atoms with Crippen LogP contribution in [0.25, 0.3) is 106 Å². The molecule has 5 nitrogen and oxygen atoms in total. The number of furan rings is 1. The minimum atomic E-state index is -0.193. The monoisotopic (exact) mass is 722 g/mol. The molecule has 0 saturated carbocycles. The molecular formula is C51H32N4O. The topological polar surface area (TPSA) is 56.7 Å². The van der Waals surface area contributed by atoms with Crippen molar-refractivity contribution in [1.82, 2.24) is 19.5 Å².